The highest BCUT2D eigenvalue weighted by molar-refractivity contribution is 6.31. The van der Waals surface area contributed by atoms with Crippen molar-refractivity contribution in [2.45, 2.75) is 19.3 Å². The molecule has 1 fully saturated rings. The molecule has 5 heteroatoms. The largest absolute Gasteiger partial charge is 0.481 e. The third kappa shape index (κ3) is 2.10. The first-order valence-corrected chi connectivity index (χ1v) is 6.76. The van der Waals surface area contributed by atoms with Crippen molar-refractivity contribution in [3.8, 4) is 0 Å². The number of carbonyl (C=O) groups excluding carboxylic acids is 1. The molecule has 1 N–H and O–H groups in total. The molecule has 1 aliphatic heterocycles. The molecule has 1 saturated carbocycles. The van der Waals surface area contributed by atoms with E-state index in [4.69, 9.17) is 16.7 Å². The lowest BCUT2D eigenvalue weighted by Gasteiger charge is -2.34. The Hall–Kier alpha value is -1.55. The van der Waals surface area contributed by atoms with Crippen LogP contribution in [0.25, 0.3) is 0 Å². The van der Waals surface area contributed by atoms with Crippen molar-refractivity contribution >= 4 is 29.2 Å². The van der Waals surface area contributed by atoms with Gasteiger partial charge in [-0.1, -0.05) is 17.7 Å². The molecule has 1 amide bonds. The average Bonchev–Trinajstić information content (AvgIpc) is 2.68. The number of hydrogen-bond donors (Lipinski definition) is 1. The first-order valence-electron chi connectivity index (χ1n) is 6.39. The maximum Gasteiger partial charge on any atom is 0.306 e. The van der Waals surface area contributed by atoms with E-state index < -0.39 is 5.97 Å². The molecular formula is C14H14ClNO3. The zero-order chi connectivity index (χ0) is 13.6. The monoisotopic (exact) mass is 279 g/mol. The fraction of sp³-hybridized carbons (Fsp3) is 0.429. The summed E-state index contributed by atoms with van der Waals surface area (Å²) in [6.45, 7) is 0.669. The molecule has 100 valence electrons. The van der Waals surface area contributed by atoms with Gasteiger partial charge < -0.3 is 10.0 Å². The number of carboxylic acid groups (broad SMARTS) is 1. The Morgan fingerprint density at radius 1 is 1.26 bits per heavy atom. The Kier molecular flexibility index (Phi) is 2.97. The number of carbonyl (C=O) groups is 2. The summed E-state index contributed by atoms with van der Waals surface area (Å²) < 4.78 is 0. The van der Waals surface area contributed by atoms with Crippen LogP contribution in [0.1, 0.15) is 18.4 Å². The Morgan fingerprint density at radius 3 is 2.68 bits per heavy atom. The summed E-state index contributed by atoms with van der Waals surface area (Å²) in [6, 6.07) is 5.60. The van der Waals surface area contributed by atoms with Crippen molar-refractivity contribution < 1.29 is 14.7 Å². The second-order valence-corrected chi connectivity index (χ2v) is 5.65. The zero-order valence-corrected chi connectivity index (χ0v) is 11.1. The van der Waals surface area contributed by atoms with E-state index >= 15 is 0 Å². The van der Waals surface area contributed by atoms with Crippen molar-refractivity contribution in [1.29, 1.82) is 0 Å². The standard InChI is InChI=1S/C14H14ClNO3/c15-11-2-1-8-3-4-16(12(8)7-11)13(17)9-5-10(6-9)14(18)19/h1-2,7,9-10H,3-6H2,(H,18,19). The van der Waals surface area contributed by atoms with Crippen LogP contribution in [0.15, 0.2) is 18.2 Å². The van der Waals surface area contributed by atoms with Crippen LogP contribution in [0.2, 0.25) is 5.02 Å². The molecule has 0 spiro atoms. The fourth-order valence-electron chi connectivity index (χ4n) is 2.82. The van der Waals surface area contributed by atoms with Gasteiger partial charge in [0.1, 0.15) is 0 Å². The number of aliphatic carboxylic acids is 1. The SMILES string of the molecule is O=C(O)C1CC(C(=O)N2CCc3ccc(Cl)cc32)C1. The third-order valence-electron chi connectivity index (χ3n) is 4.05. The number of benzene rings is 1. The molecule has 1 aromatic carbocycles. The van der Waals surface area contributed by atoms with Gasteiger partial charge in [-0.3, -0.25) is 9.59 Å². The summed E-state index contributed by atoms with van der Waals surface area (Å²) in [5.74, 6) is -1.26. The van der Waals surface area contributed by atoms with Gasteiger partial charge in [-0.2, -0.15) is 0 Å². The van der Waals surface area contributed by atoms with Gasteiger partial charge in [0.2, 0.25) is 5.91 Å². The van der Waals surface area contributed by atoms with Gasteiger partial charge in [0.05, 0.1) is 5.92 Å². The van der Waals surface area contributed by atoms with Crippen molar-refractivity contribution in [2.75, 3.05) is 11.4 Å². The number of rotatable bonds is 2. The van der Waals surface area contributed by atoms with Crippen LogP contribution in [-0.2, 0) is 16.0 Å². The average molecular weight is 280 g/mol. The van der Waals surface area contributed by atoms with Gasteiger partial charge in [0, 0.05) is 23.2 Å². The summed E-state index contributed by atoms with van der Waals surface area (Å²) in [4.78, 5) is 24.9. The van der Waals surface area contributed by atoms with E-state index in [-0.39, 0.29) is 17.7 Å². The molecule has 0 bridgehead atoms. The Labute approximate surface area is 116 Å². The number of fused-ring (bicyclic) bond motifs is 1. The molecule has 0 aromatic heterocycles. The molecule has 4 nitrogen and oxygen atoms in total. The van der Waals surface area contributed by atoms with E-state index in [0.717, 1.165) is 17.7 Å². The lowest BCUT2D eigenvalue weighted by atomic mass is 9.74. The fourth-order valence-corrected chi connectivity index (χ4v) is 2.99. The number of halogens is 1. The maximum atomic E-state index is 12.4. The highest BCUT2D eigenvalue weighted by Gasteiger charge is 2.41. The number of carboxylic acids is 1. The topological polar surface area (TPSA) is 57.6 Å². The van der Waals surface area contributed by atoms with Crippen molar-refractivity contribution in [3.63, 3.8) is 0 Å². The van der Waals surface area contributed by atoms with E-state index in [1.807, 2.05) is 18.2 Å². The van der Waals surface area contributed by atoms with Crippen molar-refractivity contribution in [3.05, 3.63) is 28.8 Å². The molecular weight excluding hydrogens is 266 g/mol. The van der Waals surface area contributed by atoms with Crippen LogP contribution in [0.5, 0.6) is 0 Å². The molecule has 0 radical (unpaired) electrons. The van der Waals surface area contributed by atoms with Crippen LogP contribution in [0, 0.1) is 11.8 Å². The van der Waals surface area contributed by atoms with Gasteiger partial charge in [0.25, 0.3) is 0 Å². The lowest BCUT2D eigenvalue weighted by molar-refractivity contribution is -0.148. The molecule has 0 saturated heterocycles. The molecule has 3 rings (SSSR count). The van der Waals surface area contributed by atoms with Crippen molar-refractivity contribution in [2.24, 2.45) is 11.8 Å². The molecule has 19 heavy (non-hydrogen) atoms. The zero-order valence-electron chi connectivity index (χ0n) is 10.3. The summed E-state index contributed by atoms with van der Waals surface area (Å²) in [5, 5.41) is 9.47. The van der Waals surface area contributed by atoms with Gasteiger partial charge in [-0.25, -0.2) is 0 Å². The molecule has 1 aliphatic carbocycles. The summed E-state index contributed by atoms with van der Waals surface area (Å²) in [6.07, 6.45) is 1.76. The quantitative estimate of drug-likeness (QED) is 0.904. The summed E-state index contributed by atoms with van der Waals surface area (Å²) >= 11 is 5.97. The minimum atomic E-state index is -0.797. The first kappa shape index (κ1) is 12.5. The van der Waals surface area contributed by atoms with E-state index in [0.29, 0.717) is 24.4 Å². The number of hydrogen-bond acceptors (Lipinski definition) is 2. The summed E-state index contributed by atoms with van der Waals surface area (Å²) in [5.41, 5.74) is 2.02. The second-order valence-electron chi connectivity index (χ2n) is 5.22. The first-order chi connectivity index (χ1) is 9.06. The third-order valence-corrected chi connectivity index (χ3v) is 4.28. The highest BCUT2D eigenvalue weighted by Crippen LogP contribution is 2.38. The number of anilines is 1. The highest BCUT2D eigenvalue weighted by atomic mass is 35.5. The van der Waals surface area contributed by atoms with Crippen LogP contribution in [0.3, 0.4) is 0 Å². The normalized spacial score (nSPS) is 24.8. The molecule has 2 aliphatic rings. The van der Waals surface area contributed by atoms with Gasteiger partial charge >= 0.3 is 5.97 Å². The number of nitrogens with zero attached hydrogens (tertiary/aromatic N) is 1. The Morgan fingerprint density at radius 2 is 2.00 bits per heavy atom. The predicted molar refractivity (Wildman–Crippen MR) is 71.4 cm³/mol. The van der Waals surface area contributed by atoms with E-state index in [1.165, 1.54) is 0 Å². The minimum Gasteiger partial charge on any atom is -0.481 e. The number of amides is 1. The minimum absolute atomic E-state index is 0.0403. The van der Waals surface area contributed by atoms with E-state index in [1.54, 1.807) is 4.90 Å². The smallest absolute Gasteiger partial charge is 0.306 e. The van der Waals surface area contributed by atoms with Crippen LogP contribution in [0.4, 0.5) is 5.69 Å². The molecule has 0 atom stereocenters. The van der Waals surface area contributed by atoms with Crippen molar-refractivity contribution in [1.82, 2.24) is 0 Å². The van der Waals surface area contributed by atoms with E-state index in [9.17, 15) is 9.59 Å². The predicted octanol–water partition coefficient (Wildman–Crippen LogP) is 2.34. The lowest BCUT2D eigenvalue weighted by Crippen LogP contribution is -2.43. The van der Waals surface area contributed by atoms with E-state index in [2.05, 4.69) is 0 Å². The van der Waals surface area contributed by atoms with Crippen LogP contribution < -0.4 is 4.90 Å². The van der Waals surface area contributed by atoms with Gasteiger partial charge in [-0.15, -0.1) is 0 Å². The van der Waals surface area contributed by atoms with Crippen LogP contribution >= 0.6 is 11.6 Å². The Bertz CT molecular complexity index is 552. The van der Waals surface area contributed by atoms with Gasteiger partial charge in [0.15, 0.2) is 0 Å². The maximum absolute atomic E-state index is 12.4. The Balaban J connectivity index is 1.74. The van der Waals surface area contributed by atoms with Gasteiger partial charge in [-0.05, 0) is 37.0 Å². The second kappa shape index (κ2) is 4.53. The van der Waals surface area contributed by atoms with Crippen LogP contribution in [-0.4, -0.2) is 23.5 Å². The molecule has 1 aromatic rings. The summed E-state index contributed by atoms with van der Waals surface area (Å²) in [7, 11) is 0. The molecule has 0 unspecified atom stereocenters. The molecule has 1 heterocycles.